The number of halogens is 1. The van der Waals surface area contributed by atoms with Crippen molar-refractivity contribution >= 4 is 11.6 Å². The van der Waals surface area contributed by atoms with Gasteiger partial charge in [-0.1, -0.05) is 32.4 Å². The van der Waals surface area contributed by atoms with Crippen LogP contribution in [0.5, 0.6) is 5.75 Å². The van der Waals surface area contributed by atoms with Crippen molar-refractivity contribution in [3.05, 3.63) is 28.8 Å². The van der Waals surface area contributed by atoms with E-state index in [2.05, 4.69) is 33.0 Å². The molecule has 0 fully saturated rings. The van der Waals surface area contributed by atoms with Crippen molar-refractivity contribution < 1.29 is 4.74 Å². The molecule has 1 rings (SSSR count). The lowest BCUT2D eigenvalue weighted by molar-refractivity contribution is 0.240. The van der Waals surface area contributed by atoms with Crippen molar-refractivity contribution in [1.29, 1.82) is 0 Å². The summed E-state index contributed by atoms with van der Waals surface area (Å²) in [5, 5.41) is 3.96. The molecule has 0 amide bonds. The zero-order chi connectivity index (χ0) is 13.8. The van der Waals surface area contributed by atoms with E-state index >= 15 is 0 Å². The van der Waals surface area contributed by atoms with Crippen LogP contribution in [0.15, 0.2) is 18.2 Å². The highest BCUT2D eigenvalue weighted by Crippen LogP contribution is 2.29. The Morgan fingerprint density at radius 1 is 1.33 bits per heavy atom. The predicted molar refractivity (Wildman–Crippen MR) is 78.5 cm³/mol. The summed E-state index contributed by atoms with van der Waals surface area (Å²) in [6.07, 6.45) is 1.03. The quantitative estimate of drug-likeness (QED) is 0.854. The van der Waals surface area contributed by atoms with Gasteiger partial charge in [0.25, 0.3) is 0 Å². The number of hydrogen-bond acceptors (Lipinski definition) is 2. The molecule has 1 aromatic carbocycles. The summed E-state index contributed by atoms with van der Waals surface area (Å²) in [5.41, 5.74) is 1.40. The lowest BCUT2D eigenvalue weighted by atomic mass is 9.93. The second-order valence-electron chi connectivity index (χ2n) is 5.85. The summed E-state index contributed by atoms with van der Waals surface area (Å²) < 4.78 is 5.89. The molecule has 0 spiro atoms. The molecule has 0 aromatic heterocycles. The van der Waals surface area contributed by atoms with Gasteiger partial charge in [-0.2, -0.15) is 0 Å². The van der Waals surface area contributed by atoms with Gasteiger partial charge in [0, 0.05) is 16.6 Å². The first kappa shape index (κ1) is 15.3. The van der Waals surface area contributed by atoms with Gasteiger partial charge in [0.15, 0.2) is 0 Å². The molecule has 1 N–H and O–H groups in total. The largest absolute Gasteiger partial charge is 0.493 e. The maximum Gasteiger partial charge on any atom is 0.124 e. The normalized spacial score (nSPS) is 13.4. The lowest BCUT2D eigenvalue weighted by Crippen LogP contribution is -2.15. The Morgan fingerprint density at radius 2 is 2.00 bits per heavy atom. The molecule has 0 bridgehead atoms. The van der Waals surface area contributed by atoms with Crippen LogP contribution in [-0.2, 0) is 0 Å². The predicted octanol–water partition coefficient (Wildman–Crippen LogP) is 4.44. The highest BCUT2D eigenvalue weighted by Gasteiger charge is 2.13. The fraction of sp³-hybridized carbons (Fsp3) is 0.600. The van der Waals surface area contributed by atoms with Gasteiger partial charge in [-0.15, -0.1) is 0 Å². The smallest absolute Gasteiger partial charge is 0.124 e. The molecule has 18 heavy (non-hydrogen) atoms. The summed E-state index contributed by atoms with van der Waals surface area (Å²) in [7, 11) is 1.94. The third-order valence-corrected chi connectivity index (χ3v) is 3.22. The van der Waals surface area contributed by atoms with E-state index in [-0.39, 0.29) is 6.04 Å². The number of ether oxygens (including phenoxy) is 1. The zero-order valence-corrected chi connectivity index (χ0v) is 12.8. The first-order valence-corrected chi connectivity index (χ1v) is 6.81. The molecule has 1 unspecified atom stereocenters. The van der Waals surface area contributed by atoms with Gasteiger partial charge in [0.05, 0.1) is 6.61 Å². The first-order chi connectivity index (χ1) is 8.33. The fourth-order valence-corrected chi connectivity index (χ4v) is 1.79. The van der Waals surface area contributed by atoms with Crippen molar-refractivity contribution in [3.63, 3.8) is 0 Å². The SMILES string of the molecule is CNC(C)c1cc(Cl)ccc1OCCC(C)(C)C. The Hall–Kier alpha value is -0.730. The standard InChI is InChI=1S/C15H24ClNO/c1-11(17-5)13-10-12(16)6-7-14(13)18-9-8-15(2,3)4/h6-7,10-11,17H,8-9H2,1-5H3. The molecule has 2 nitrogen and oxygen atoms in total. The summed E-state index contributed by atoms with van der Waals surface area (Å²) in [6, 6.07) is 6.02. The van der Waals surface area contributed by atoms with Gasteiger partial charge in [-0.05, 0) is 44.0 Å². The van der Waals surface area contributed by atoms with Gasteiger partial charge in [-0.3, -0.25) is 0 Å². The summed E-state index contributed by atoms with van der Waals surface area (Å²) in [4.78, 5) is 0. The second kappa shape index (κ2) is 6.44. The van der Waals surface area contributed by atoms with Crippen LogP contribution in [0, 0.1) is 5.41 Å². The molecule has 0 aliphatic carbocycles. The Kier molecular flexibility index (Phi) is 5.48. The maximum absolute atomic E-state index is 6.04. The molecule has 0 radical (unpaired) electrons. The molecule has 0 saturated carbocycles. The molecule has 0 aliphatic rings. The minimum atomic E-state index is 0.230. The Labute approximate surface area is 116 Å². The average molecular weight is 270 g/mol. The minimum absolute atomic E-state index is 0.230. The van der Waals surface area contributed by atoms with Crippen molar-refractivity contribution in [2.45, 2.75) is 40.2 Å². The zero-order valence-electron chi connectivity index (χ0n) is 12.0. The monoisotopic (exact) mass is 269 g/mol. The number of nitrogens with one attached hydrogen (secondary N) is 1. The van der Waals surface area contributed by atoms with Gasteiger partial charge >= 0.3 is 0 Å². The number of rotatable bonds is 5. The van der Waals surface area contributed by atoms with E-state index in [0.717, 1.165) is 29.4 Å². The molecule has 1 atom stereocenters. The van der Waals surface area contributed by atoms with Crippen molar-refractivity contribution in [3.8, 4) is 5.75 Å². The molecular weight excluding hydrogens is 246 g/mol. The van der Waals surface area contributed by atoms with Crippen molar-refractivity contribution in [1.82, 2.24) is 5.32 Å². The lowest BCUT2D eigenvalue weighted by Gasteiger charge is -2.20. The summed E-state index contributed by atoms with van der Waals surface area (Å²) in [5.74, 6) is 0.922. The highest BCUT2D eigenvalue weighted by molar-refractivity contribution is 6.30. The average Bonchev–Trinajstić information content (AvgIpc) is 2.28. The number of hydrogen-bond donors (Lipinski definition) is 1. The van der Waals surface area contributed by atoms with Crippen molar-refractivity contribution in [2.75, 3.05) is 13.7 Å². The molecule has 0 aliphatic heterocycles. The van der Waals surface area contributed by atoms with E-state index < -0.39 is 0 Å². The van der Waals surface area contributed by atoms with Gasteiger partial charge in [-0.25, -0.2) is 0 Å². The second-order valence-corrected chi connectivity index (χ2v) is 6.29. The summed E-state index contributed by atoms with van der Waals surface area (Å²) in [6.45, 7) is 9.48. The van der Waals surface area contributed by atoms with E-state index in [1.165, 1.54) is 0 Å². The molecule has 0 heterocycles. The Morgan fingerprint density at radius 3 is 2.56 bits per heavy atom. The molecular formula is C15H24ClNO. The van der Waals surface area contributed by atoms with Crippen LogP contribution in [0.25, 0.3) is 0 Å². The van der Waals surface area contributed by atoms with E-state index in [1.54, 1.807) is 0 Å². The van der Waals surface area contributed by atoms with Crippen LogP contribution in [0.4, 0.5) is 0 Å². The van der Waals surface area contributed by atoms with E-state index in [4.69, 9.17) is 16.3 Å². The third kappa shape index (κ3) is 4.87. The van der Waals surface area contributed by atoms with Gasteiger partial charge in [0.1, 0.15) is 5.75 Å². The van der Waals surface area contributed by atoms with Crippen LogP contribution in [0.3, 0.4) is 0 Å². The van der Waals surface area contributed by atoms with Crippen molar-refractivity contribution in [2.24, 2.45) is 5.41 Å². The Balaban J connectivity index is 2.75. The molecule has 102 valence electrons. The Bertz CT molecular complexity index is 385. The van der Waals surface area contributed by atoms with E-state index in [0.29, 0.717) is 5.41 Å². The van der Waals surface area contributed by atoms with Gasteiger partial charge < -0.3 is 10.1 Å². The van der Waals surface area contributed by atoms with E-state index in [1.807, 2.05) is 25.2 Å². The maximum atomic E-state index is 6.04. The fourth-order valence-electron chi connectivity index (χ4n) is 1.61. The van der Waals surface area contributed by atoms with Crippen LogP contribution < -0.4 is 10.1 Å². The highest BCUT2D eigenvalue weighted by atomic mass is 35.5. The number of benzene rings is 1. The van der Waals surface area contributed by atoms with Gasteiger partial charge in [0.2, 0.25) is 0 Å². The minimum Gasteiger partial charge on any atom is -0.493 e. The molecule has 3 heteroatoms. The van der Waals surface area contributed by atoms with Crippen LogP contribution in [0.2, 0.25) is 5.02 Å². The first-order valence-electron chi connectivity index (χ1n) is 6.43. The van der Waals surface area contributed by atoms with Crippen LogP contribution >= 0.6 is 11.6 Å². The van der Waals surface area contributed by atoms with Crippen LogP contribution in [0.1, 0.15) is 45.7 Å². The summed E-state index contributed by atoms with van der Waals surface area (Å²) >= 11 is 6.04. The molecule has 0 saturated heterocycles. The molecule has 1 aromatic rings. The third-order valence-electron chi connectivity index (χ3n) is 2.98. The van der Waals surface area contributed by atoms with E-state index in [9.17, 15) is 0 Å². The topological polar surface area (TPSA) is 21.3 Å². The van der Waals surface area contributed by atoms with Crippen LogP contribution in [-0.4, -0.2) is 13.7 Å².